The van der Waals surface area contributed by atoms with Gasteiger partial charge in [0.15, 0.2) is 0 Å². The van der Waals surface area contributed by atoms with Crippen LogP contribution in [0.25, 0.3) is 0 Å². The quantitative estimate of drug-likeness (QED) is 0.660. The van der Waals surface area contributed by atoms with Crippen molar-refractivity contribution in [1.82, 2.24) is 0 Å². The van der Waals surface area contributed by atoms with E-state index in [2.05, 4.69) is 13.0 Å². The van der Waals surface area contributed by atoms with E-state index in [0.29, 0.717) is 5.92 Å². The highest BCUT2D eigenvalue weighted by molar-refractivity contribution is 5.17. The molecule has 0 spiro atoms. The van der Waals surface area contributed by atoms with Crippen LogP contribution in [0.3, 0.4) is 0 Å². The lowest BCUT2D eigenvalue weighted by molar-refractivity contribution is 0.0809. The lowest BCUT2D eigenvalue weighted by Gasteiger charge is -2.23. The van der Waals surface area contributed by atoms with Crippen molar-refractivity contribution in [3.63, 3.8) is 0 Å². The van der Waals surface area contributed by atoms with Crippen LogP contribution < -0.4 is 5.73 Å². The van der Waals surface area contributed by atoms with E-state index < -0.39 is 0 Å². The van der Waals surface area contributed by atoms with Gasteiger partial charge in [0, 0.05) is 6.61 Å². The third kappa shape index (κ3) is 1.79. The molecule has 1 heterocycles. The summed E-state index contributed by atoms with van der Waals surface area (Å²) in [5, 5.41) is 0. The monoisotopic (exact) mass is 181 g/mol. The Morgan fingerprint density at radius 2 is 2.46 bits per heavy atom. The summed E-state index contributed by atoms with van der Waals surface area (Å²) < 4.78 is 5.67. The number of hydrogen-bond acceptors (Lipinski definition) is 2. The van der Waals surface area contributed by atoms with Crippen molar-refractivity contribution in [1.29, 1.82) is 0 Å². The maximum Gasteiger partial charge on any atom is 0.0790 e. The number of allylic oxidation sites excluding steroid dienone is 1. The highest BCUT2D eigenvalue weighted by Crippen LogP contribution is 2.29. The van der Waals surface area contributed by atoms with Crippen LogP contribution in [0.2, 0.25) is 0 Å². The molecule has 74 valence electrons. The summed E-state index contributed by atoms with van der Waals surface area (Å²) >= 11 is 0. The summed E-state index contributed by atoms with van der Waals surface area (Å²) in [5.41, 5.74) is 7.61. The van der Waals surface area contributed by atoms with Crippen LogP contribution >= 0.6 is 0 Å². The molecule has 1 aliphatic carbocycles. The van der Waals surface area contributed by atoms with Gasteiger partial charge < -0.3 is 10.5 Å². The van der Waals surface area contributed by atoms with Gasteiger partial charge in [-0.05, 0) is 31.6 Å². The zero-order valence-electron chi connectivity index (χ0n) is 8.33. The minimum absolute atomic E-state index is 0.167. The van der Waals surface area contributed by atoms with E-state index in [4.69, 9.17) is 10.5 Å². The van der Waals surface area contributed by atoms with Gasteiger partial charge in [0.25, 0.3) is 0 Å². The zero-order chi connectivity index (χ0) is 9.26. The molecule has 2 aliphatic rings. The average molecular weight is 181 g/mol. The van der Waals surface area contributed by atoms with Crippen LogP contribution in [-0.2, 0) is 4.74 Å². The molecule has 2 heteroatoms. The Labute approximate surface area is 80.1 Å². The summed E-state index contributed by atoms with van der Waals surface area (Å²) in [6, 6.07) is 0.167. The highest BCUT2D eigenvalue weighted by atomic mass is 16.5. The first-order valence-electron chi connectivity index (χ1n) is 5.35. The molecule has 0 amide bonds. The molecule has 2 nitrogen and oxygen atoms in total. The molecule has 13 heavy (non-hydrogen) atoms. The van der Waals surface area contributed by atoms with Crippen LogP contribution in [0.5, 0.6) is 0 Å². The maximum absolute atomic E-state index is 6.18. The number of rotatable bonds is 2. The molecule has 1 aliphatic heterocycles. The van der Waals surface area contributed by atoms with Crippen LogP contribution in [-0.4, -0.2) is 18.8 Å². The van der Waals surface area contributed by atoms with Gasteiger partial charge in [0.2, 0.25) is 0 Å². The standard InChI is InChI=1S/C11H19NO/c1-8-6-7-13-11(8)10(12)9-4-2-3-5-9/h4,8,10-11H,2-3,5-7,12H2,1H3. The largest absolute Gasteiger partial charge is 0.376 e. The van der Waals surface area contributed by atoms with Gasteiger partial charge in [-0.2, -0.15) is 0 Å². The summed E-state index contributed by atoms with van der Waals surface area (Å²) in [6.07, 6.45) is 7.44. The van der Waals surface area contributed by atoms with Crippen molar-refractivity contribution in [3.05, 3.63) is 11.6 Å². The first-order valence-corrected chi connectivity index (χ1v) is 5.35. The zero-order valence-corrected chi connectivity index (χ0v) is 8.33. The van der Waals surface area contributed by atoms with E-state index >= 15 is 0 Å². The Kier molecular flexibility index (Phi) is 2.70. The van der Waals surface area contributed by atoms with Gasteiger partial charge in [-0.3, -0.25) is 0 Å². The maximum atomic E-state index is 6.18. The van der Waals surface area contributed by atoms with E-state index in [1.54, 1.807) is 0 Å². The molecule has 2 N–H and O–H groups in total. The second-order valence-electron chi connectivity index (χ2n) is 4.30. The Bertz CT molecular complexity index is 212. The molecule has 1 fully saturated rings. The van der Waals surface area contributed by atoms with Gasteiger partial charge in [-0.25, -0.2) is 0 Å². The van der Waals surface area contributed by atoms with Crippen LogP contribution in [0.15, 0.2) is 11.6 Å². The second kappa shape index (κ2) is 3.81. The number of nitrogens with two attached hydrogens (primary N) is 1. The molecular weight excluding hydrogens is 162 g/mol. The first-order chi connectivity index (χ1) is 6.29. The van der Waals surface area contributed by atoms with Crippen molar-refractivity contribution in [3.8, 4) is 0 Å². The second-order valence-corrected chi connectivity index (χ2v) is 4.30. The van der Waals surface area contributed by atoms with E-state index in [-0.39, 0.29) is 12.1 Å². The van der Waals surface area contributed by atoms with Crippen LogP contribution in [0.1, 0.15) is 32.6 Å². The Hall–Kier alpha value is -0.340. The molecule has 0 saturated carbocycles. The Morgan fingerprint density at radius 3 is 3.00 bits per heavy atom. The molecule has 1 saturated heterocycles. The highest BCUT2D eigenvalue weighted by Gasteiger charge is 2.32. The Morgan fingerprint density at radius 1 is 1.62 bits per heavy atom. The lowest BCUT2D eigenvalue weighted by atomic mass is 9.93. The molecule has 3 atom stereocenters. The van der Waals surface area contributed by atoms with Gasteiger partial charge in [-0.15, -0.1) is 0 Å². The van der Waals surface area contributed by atoms with Crippen molar-refractivity contribution in [2.24, 2.45) is 11.7 Å². The van der Waals surface area contributed by atoms with E-state index in [0.717, 1.165) is 6.61 Å². The van der Waals surface area contributed by atoms with Gasteiger partial charge in [-0.1, -0.05) is 18.6 Å². The van der Waals surface area contributed by atoms with Gasteiger partial charge >= 0.3 is 0 Å². The van der Waals surface area contributed by atoms with Crippen molar-refractivity contribution >= 4 is 0 Å². The van der Waals surface area contributed by atoms with E-state index in [1.165, 1.54) is 31.3 Å². The average Bonchev–Trinajstić information content (AvgIpc) is 2.72. The summed E-state index contributed by atoms with van der Waals surface area (Å²) in [7, 11) is 0. The van der Waals surface area contributed by atoms with Crippen molar-refractivity contribution < 1.29 is 4.74 Å². The molecule has 3 unspecified atom stereocenters. The Balaban J connectivity index is 1.99. The van der Waals surface area contributed by atoms with E-state index in [1.807, 2.05) is 0 Å². The molecule has 0 aromatic rings. The molecule has 0 aromatic heterocycles. The third-order valence-electron chi connectivity index (χ3n) is 3.30. The predicted molar refractivity (Wildman–Crippen MR) is 53.4 cm³/mol. The first kappa shape index (κ1) is 9.22. The van der Waals surface area contributed by atoms with Crippen LogP contribution in [0, 0.1) is 5.92 Å². The number of hydrogen-bond donors (Lipinski definition) is 1. The summed E-state index contributed by atoms with van der Waals surface area (Å²) in [4.78, 5) is 0. The fourth-order valence-electron chi connectivity index (χ4n) is 2.39. The summed E-state index contributed by atoms with van der Waals surface area (Å²) in [6.45, 7) is 3.14. The topological polar surface area (TPSA) is 35.2 Å². The lowest BCUT2D eigenvalue weighted by Crippen LogP contribution is -2.38. The third-order valence-corrected chi connectivity index (χ3v) is 3.30. The molecular formula is C11H19NO. The van der Waals surface area contributed by atoms with Crippen LogP contribution in [0.4, 0.5) is 0 Å². The molecule has 0 radical (unpaired) electrons. The summed E-state index contributed by atoms with van der Waals surface area (Å²) in [5.74, 6) is 0.636. The van der Waals surface area contributed by atoms with Crippen molar-refractivity contribution in [2.75, 3.05) is 6.61 Å². The minimum Gasteiger partial charge on any atom is -0.376 e. The predicted octanol–water partition coefficient (Wildman–Crippen LogP) is 1.85. The fourth-order valence-corrected chi connectivity index (χ4v) is 2.39. The van der Waals surface area contributed by atoms with E-state index in [9.17, 15) is 0 Å². The fraction of sp³-hybridized carbons (Fsp3) is 0.818. The smallest absolute Gasteiger partial charge is 0.0790 e. The normalized spacial score (nSPS) is 36.3. The van der Waals surface area contributed by atoms with Gasteiger partial charge in [0.05, 0.1) is 12.1 Å². The minimum atomic E-state index is 0.167. The molecule has 2 rings (SSSR count). The van der Waals surface area contributed by atoms with Gasteiger partial charge in [0.1, 0.15) is 0 Å². The number of ether oxygens (including phenoxy) is 1. The van der Waals surface area contributed by atoms with Crippen molar-refractivity contribution in [2.45, 2.75) is 44.8 Å². The molecule has 0 aromatic carbocycles. The SMILES string of the molecule is CC1CCOC1C(N)C1=CCCC1. The molecule has 0 bridgehead atoms.